The zero-order valence-corrected chi connectivity index (χ0v) is 18.2. The van der Waals surface area contributed by atoms with Crippen LogP contribution in [0.5, 0.6) is 0 Å². The number of benzene rings is 1. The first-order valence-corrected chi connectivity index (χ1v) is 10.6. The third-order valence-corrected chi connectivity index (χ3v) is 5.46. The molecule has 0 aliphatic carbocycles. The van der Waals surface area contributed by atoms with E-state index in [2.05, 4.69) is 20.5 Å². The summed E-state index contributed by atoms with van der Waals surface area (Å²) in [7, 11) is 5.29. The molecule has 1 amide bonds. The van der Waals surface area contributed by atoms with Crippen LogP contribution in [0.1, 0.15) is 47.0 Å². The lowest BCUT2D eigenvalue weighted by molar-refractivity contribution is 0.0827. The van der Waals surface area contributed by atoms with Gasteiger partial charge in [0, 0.05) is 39.8 Å². The maximum Gasteiger partial charge on any atom is 0.253 e. The monoisotopic (exact) mass is 411 g/mol. The molecule has 1 saturated heterocycles. The van der Waals surface area contributed by atoms with Crippen molar-refractivity contribution < 1.29 is 9.21 Å². The maximum absolute atomic E-state index is 12.0. The number of furan rings is 1. The van der Waals surface area contributed by atoms with Crippen LogP contribution in [0, 0.1) is 0 Å². The number of carbonyl (C=O) groups is 1. The molecule has 1 aromatic heterocycles. The number of carbonyl (C=O) groups excluding carboxylic acids is 1. The van der Waals surface area contributed by atoms with E-state index < -0.39 is 0 Å². The summed E-state index contributed by atoms with van der Waals surface area (Å²) in [6.07, 6.45) is 5.51. The molecule has 0 bridgehead atoms. The molecule has 162 valence electrons. The van der Waals surface area contributed by atoms with Crippen LogP contribution < -0.4 is 10.6 Å². The first-order valence-electron chi connectivity index (χ1n) is 10.6. The number of nitrogens with zero attached hydrogens (tertiary/aromatic N) is 3. The van der Waals surface area contributed by atoms with Gasteiger partial charge in [0.1, 0.15) is 5.76 Å². The van der Waals surface area contributed by atoms with Crippen molar-refractivity contribution in [1.29, 1.82) is 0 Å². The maximum atomic E-state index is 12.0. The van der Waals surface area contributed by atoms with E-state index in [-0.39, 0.29) is 11.9 Å². The molecule has 7 heteroatoms. The number of hydrogen-bond donors (Lipinski definition) is 2. The molecule has 2 N–H and O–H groups in total. The second kappa shape index (κ2) is 10.8. The highest BCUT2D eigenvalue weighted by atomic mass is 16.3. The molecular formula is C23H33N5O2. The quantitative estimate of drug-likeness (QED) is 0.541. The van der Waals surface area contributed by atoms with E-state index in [1.807, 2.05) is 36.4 Å². The first-order chi connectivity index (χ1) is 14.6. The molecule has 1 unspecified atom stereocenters. The van der Waals surface area contributed by atoms with Crippen LogP contribution in [0.15, 0.2) is 52.1 Å². The smallest absolute Gasteiger partial charge is 0.253 e. The molecule has 0 saturated carbocycles. The predicted molar refractivity (Wildman–Crippen MR) is 120 cm³/mol. The summed E-state index contributed by atoms with van der Waals surface area (Å²) in [5, 5.41) is 6.80. The van der Waals surface area contributed by atoms with Gasteiger partial charge in [0.05, 0.1) is 12.3 Å². The van der Waals surface area contributed by atoms with Crippen molar-refractivity contribution in [3.8, 4) is 0 Å². The highest BCUT2D eigenvalue weighted by Gasteiger charge is 2.24. The van der Waals surface area contributed by atoms with Gasteiger partial charge in [0.2, 0.25) is 0 Å². The third kappa shape index (κ3) is 5.86. The molecule has 1 aliphatic rings. The largest absolute Gasteiger partial charge is 0.468 e. The zero-order valence-electron chi connectivity index (χ0n) is 18.2. The van der Waals surface area contributed by atoms with Gasteiger partial charge in [0.15, 0.2) is 5.96 Å². The Labute approximate surface area is 179 Å². The van der Waals surface area contributed by atoms with Gasteiger partial charge in [-0.2, -0.15) is 0 Å². The lowest BCUT2D eigenvalue weighted by atomic mass is 10.1. The molecule has 1 fully saturated rings. The van der Waals surface area contributed by atoms with E-state index >= 15 is 0 Å². The molecule has 2 aromatic rings. The highest BCUT2D eigenvalue weighted by Crippen LogP contribution is 2.24. The molecule has 2 heterocycles. The summed E-state index contributed by atoms with van der Waals surface area (Å²) in [4.78, 5) is 20.4. The van der Waals surface area contributed by atoms with Crippen LogP contribution in [0.2, 0.25) is 0 Å². The van der Waals surface area contributed by atoms with E-state index in [1.54, 1.807) is 32.3 Å². The Hall–Kier alpha value is -2.80. The second-order valence-corrected chi connectivity index (χ2v) is 7.83. The molecule has 7 nitrogen and oxygen atoms in total. The van der Waals surface area contributed by atoms with Gasteiger partial charge in [-0.15, -0.1) is 0 Å². The molecule has 0 radical (unpaired) electrons. The topological polar surface area (TPSA) is 73.1 Å². The highest BCUT2D eigenvalue weighted by molar-refractivity contribution is 5.93. The number of guanidine groups is 1. The molecule has 0 spiro atoms. The molecule has 3 rings (SSSR count). The fourth-order valence-electron chi connectivity index (χ4n) is 3.74. The fourth-order valence-corrected chi connectivity index (χ4v) is 3.74. The van der Waals surface area contributed by atoms with Crippen molar-refractivity contribution in [2.24, 2.45) is 4.99 Å². The predicted octanol–water partition coefficient (Wildman–Crippen LogP) is 2.87. The number of piperidine rings is 1. The van der Waals surface area contributed by atoms with Crippen molar-refractivity contribution in [1.82, 2.24) is 20.4 Å². The van der Waals surface area contributed by atoms with E-state index in [1.165, 1.54) is 19.3 Å². The zero-order chi connectivity index (χ0) is 21.3. The third-order valence-electron chi connectivity index (χ3n) is 5.46. The summed E-state index contributed by atoms with van der Waals surface area (Å²) in [5.41, 5.74) is 1.78. The number of hydrogen-bond acceptors (Lipinski definition) is 4. The van der Waals surface area contributed by atoms with Crippen LogP contribution in [0.3, 0.4) is 0 Å². The summed E-state index contributed by atoms with van der Waals surface area (Å²) in [6, 6.07) is 11.8. The van der Waals surface area contributed by atoms with Crippen LogP contribution in [-0.2, 0) is 6.54 Å². The SMILES string of the molecule is CN=C(NCc1ccc(C(=O)N(C)C)cc1)NCC(c1ccco1)N1CCCCC1. The number of likely N-dealkylation sites (tertiary alicyclic amines) is 1. The Morgan fingerprint density at radius 3 is 2.47 bits per heavy atom. The standard InChI is InChI=1S/C23H33N5O2/c1-24-23(25-16-18-9-11-19(12-10-18)22(29)27(2)3)26-17-20(21-8-7-15-30-21)28-13-5-4-6-14-28/h7-12,15,20H,4-6,13-14,16-17H2,1-3H3,(H2,24,25,26). The van der Waals surface area contributed by atoms with Crippen LogP contribution >= 0.6 is 0 Å². The van der Waals surface area contributed by atoms with Crippen LogP contribution in [-0.4, -0.2) is 62.4 Å². The summed E-state index contributed by atoms with van der Waals surface area (Å²) < 4.78 is 5.72. The van der Waals surface area contributed by atoms with Crippen LogP contribution in [0.25, 0.3) is 0 Å². The number of rotatable bonds is 7. The molecule has 1 atom stereocenters. The normalized spacial score (nSPS) is 16.2. The lowest BCUT2D eigenvalue weighted by Crippen LogP contribution is -2.44. The Morgan fingerprint density at radius 1 is 1.13 bits per heavy atom. The van der Waals surface area contributed by atoms with E-state index in [0.29, 0.717) is 12.1 Å². The van der Waals surface area contributed by atoms with E-state index in [0.717, 1.165) is 36.9 Å². The van der Waals surface area contributed by atoms with Crippen LogP contribution in [0.4, 0.5) is 0 Å². The van der Waals surface area contributed by atoms with Gasteiger partial charge in [0.25, 0.3) is 5.91 Å². The van der Waals surface area contributed by atoms with E-state index in [4.69, 9.17) is 4.42 Å². The second-order valence-electron chi connectivity index (χ2n) is 7.83. The van der Waals surface area contributed by atoms with Crippen molar-refractivity contribution in [3.05, 3.63) is 59.5 Å². The molecular weight excluding hydrogens is 378 g/mol. The minimum Gasteiger partial charge on any atom is -0.468 e. The van der Waals surface area contributed by atoms with Crippen molar-refractivity contribution in [2.75, 3.05) is 40.8 Å². The average Bonchev–Trinajstić information content (AvgIpc) is 3.31. The molecule has 1 aromatic carbocycles. The van der Waals surface area contributed by atoms with Gasteiger partial charge in [-0.3, -0.25) is 14.7 Å². The van der Waals surface area contributed by atoms with Crippen molar-refractivity contribution in [3.63, 3.8) is 0 Å². The van der Waals surface area contributed by atoms with Gasteiger partial charge in [-0.05, 0) is 55.8 Å². The Bertz CT molecular complexity index is 809. The lowest BCUT2D eigenvalue weighted by Gasteiger charge is -2.33. The van der Waals surface area contributed by atoms with E-state index in [9.17, 15) is 4.79 Å². The van der Waals surface area contributed by atoms with Gasteiger partial charge < -0.3 is 20.0 Å². The molecule has 30 heavy (non-hydrogen) atoms. The van der Waals surface area contributed by atoms with Gasteiger partial charge >= 0.3 is 0 Å². The summed E-state index contributed by atoms with van der Waals surface area (Å²) >= 11 is 0. The number of nitrogens with one attached hydrogen (secondary N) is 2. The van der Waals surface area contributed by atoms with Crippen molar-refractivity contribution >= 4 is 11.9 Å². The first kappa shape index (κ1) is 21.9. The van der Waals surface area contributed by atoms with Crippen molar-refractivity contribution in [2.45, 2.75) is 31.8 Å². The average molecular weight is 412 g/mol. The number of amides is 1. The minimum absolute atomic E-state index is 0.00802. The molecule has 1 aliphatic heterocycles. The summed E-state index contributed by atoms with van der Waals surface area (Å²) in [6.45, 7) is 3.54. The summed E-state index contributed by atoms with van der Waals surface area (Å²) in [5.74, 6) is 1.74. The Balaban J connectivity index is 1.55. The fraction of sp³-hybridized carbons (Fsp3) is 0.478. The number of aliphatic imine (C=N–C) groups is 1. The van der Waals surface area contributed by atoms with Gasteiger partial charge in [-0.1, -0.05) is 18.6 Å². The Kier molecular flexibility index (Phi) is 7.90. The van der Waals surface area contributed by atoms with Gasteiger partial charge in [-0.25, -0.2) is 0 Å². The Morgan fingerprint density at radius 2 is 1.87 bits per heavy atom. The minimum atomic E-state index is 0.00802.